The molecule has 1 rings (SSSR count). The third kappa shape index (κ3) is 4.44. The van der Waals surface area contributed by atoms with E-state index in [1.54, 1.807) is 0 Å². The first-order chi connectivity index (χ1) is 8.92. The van der Waals surface area contributed by atoms with Gasteiger partial charge in [-0.25, -0.2) is 0 Å². The van der Waals surface area contributed by atoms with Gasteiger partial charge in [-0.3, -0.25) is 9.69 Å². The van der Waals surface area contributed by atoms with Crippen LogP contribution in [0.3, 0.4) is 0 Å². The van der Waals surface area contributed by atoms with Crippen molar-refractivity contribution in [3.8, 4) is 0 Å². The predicted molar refractivity (Wildman–Crippen MR) is 77.2 cm³/mol. The van der Waals surface area contributed by atoms with Gasteiger partial charge in [0.2, 0.25) is 0 Å². The minimum atomic E-state index is -0.632. The van der Waals surface area contributed by atoms with Crippen LogP contribution >= 0.6 is 0 Å². The van der Waals surface area contributed by atoms with Crippen molar-refractivity contribution in [3.05, 3.63) is 0 Å². The summed E-state index contributed by atoms with van der Waals surface area (Å²) in [5.41, 5.74) is -0.632. The van der Waals surface area contributed by atoms with E-state index in [1.165, 1.54) is 0 Å². The summed E-state index contributed by atoms with van der Waals surface area (Å²) < 4.78 is 5.19. The number of nitrogens with one attached hydrogen (secondary N) is 1. The molecule has 0 radical (unpaired) electrons. The Balaban J connectivity index is 2.70. The number of hydrogen-bond acceptors (Lipinski definition) is 5. The molecule has 5 nitrogen and oxygen atoms in total. The Morgan fingerprint density at radius 3 is 2.74 bits per heavy atom. The molecule has 19 heavy (non-hydrogen) atoms. The van der Waals surface area contributed by atoms with Gasteiger partial charge in [0, 0.05) is 19.1 Å². The fourth-order valence-corrected chi connectivity index (χ4v) is 2.60. The molecule has 0 amide bonds. The lowest BCUT2D eigenvalue weighted by Crippen LogP contribution is -2.58. The highest BCUT2D eigenvalue weighted by Crippen LogP contribution is 2.15. The van der Waals surface area contributed by atoms with Crippen LogP contribution in [0, 0.1) is 0 Å². The standard InChI is InChI=1S/C14H29N3O2/c1-6-19-13(18)14(3,15-4)11-17-9-7-8-16(5)10-12(17)2/h12,15H,6-11H2,1-5H3. The molecule has 1 aliphatic rings. The number of hydrogen-bond donors (Lipinski definition) is 1. The van der Waals surface area contributed by atoms with Crippen molar-refractivity contribution in [2.45, 2.75) is 38.8 Å². The van der Waals surface area contributed by atoms with Crippen LogP contribution in [0.5, 0.6) is 0 Å². The molecule has 0 spiro atoms. The molecule has 0 aliphatic carbocycles. The van der Waals surface area contributed by atoms with Crippen LogP contribution < -0.4 is 5.32 Å². The van der Waals surface area contributed by atoms with Gasteiger partial charge in [0.05, 0.1) is 6.61 Å². The molecule has 1 saturated heterocycles. The van der Waals surface area contributed by atoms with E-state index in [0.29, 0.717) is 19.2 Å². The third-order valence-electron chi connectivity index (χ3n) is 3.98. The molecule has 1 aliphatic heterocycles. The maximum atomic E-state index is 12.1. The zero-order valence-electron chi connectivity index (χ0n) is 13.0. The van der Waals surface area contributed by atoms with Gasteiger partial charge in [0.15, 0.2) is 0 Å². The van der Waals surface area contributed by atoms with Crippen LogP contribution in [0.1, 0.15) is 27.2 Å². The van der Waals surface area contributed by atoms with Gasteiger partial charge in [-0.15, -0.1) is 0 Å². The zero-order chi connectivity index (χ0) is 14.5. The zero-order valence-corrected chi connectivity index (χ0v) is 13.0. The van der Waals surface area contributed by atoms with Crippen molar-refractivity contribution >= 4 is 5.97 Å². The highest BCUT2D eigenvalue weighted by Gasteiger charge is 2.36. The van der Waals surface area contributed by atoms with Crippen molar-refractivity contribution in [1.82, 2.24) is 15.1 Å². The van der Waals surface area contributed by atoms with Gasteiger partial charge in [-0.2, -0.15) is 0 Å². The Hall–Kier alpha value is -0.650. The number of carbonyl (C=O) groups excluding carboxylic acids is 1. The summed E-state index contributed by atoms with van der Waals surface area (Å²) in [6, 6.07) is 0.453. The highest BCUT2D eigenvalue weighted by atomic mass is 16.5. The summed E-state index contributed by atoms with van der Waals surface area (Å²) in [5, 5.41) is 3.13. The minimum Gasteiger partial charge on any atom is -0.465 e. The monoisotopic (exact) mass is 271 g/mol. The molecule has 0 bridgehead atoms. The van der Waals surface area contributed by atoms with Crippen LogP contribution in [0.2, 0.25) is 0 Å². The first-order valence-electron chi connectivity index (χ1n) is 7.21. The fourth-order valence-electron chi connectivity index (χ4n) is 2.60. The molecule has 0 aromatic heterocycles. The third-order valence-corrected chi connectivity index (χ3v) is 3.98. The van der Waals surface area contributed by atoms with E-state index in [9.17, 15) is 4.79 Å². The van der Waals surface area contributed by atoms with E-state index in [1.807, 2.05) is 20.9 Å². The topological polar surface area (TPSA) is 44.8 Å². The second-order valence-corrected chi connectivity index (χ2v) is 5.74. The number of esters is 1. The van der Waals surface area contributed by atoms with Crippen molar-refractivity contribution in [3.63, 3.8) is 0 Å². The molecule has 112 valence electrons. The van der Waals surface area contributed by atoms with Crippen LogP contribution in [0.25, 0.3) is 0 Å². The van der Waals surface area contributed by atoms with Crippen LogP contribution in [-0.2, 0) is 9.53 Å². The van der Waals surface area contributed by atoms with Gasteiger partial charge in [-0.1, -0.05) is 0 Å². The smallest absolute Gasteiger partial charge is 0.327 e. The number of likely N-dealkylation sites (N-methyl/N-ethyl adjacent to an activating group) is 2. The first-order valence-corrected chi connectivity index (χ1v) is 7.21. The maximum Gasteiger partial charge on any atom is 0.327 e. The van der Waals surface area contributed by atoms with Crippen molar-refractivity contribution in [1.29, 1.82) is 0 Å². The summed E-state index contributed by atoms with van der Waals surface area (Å²) in [7, 11) is 3.98. The van der Waals surface area contributed by atoms with Crippen LogP contribution in [0.15, 0.2) is 0 Å². The van der Waals surface area contributed by atoms with Crippen LogP contribution in [0.4, 0.5) is 0 Å². The lowest BCUT2D eigenvalue weighted by molar-refractivity contribution is -0.151. The van der Waals surface area contributed by atoms with Gasteiger partial charge in [-0.05, 0) is 54.4 Å². The normalized spacial score (nSPS) is 25.6. The molecule has 5 heteroatoms. The molecule has 2 atom stereocenters. The number of ether oxygens (including phenoxy) is 1. The Kier molecular flexibility index (Phi) is 6.23. The summed E-state index contributed by atoms with van der Waals surface area (Å²) in [5.74, 6) is -0.165. The van der Waals surface area contributed by atoms with Gasteiger partial charge < -0.3 is 15.0 Å². The fraction of sp³-hybridized carbons (Fsp3) is 0.929. The van der Waals surface area contributed by atoms with Gasteiger partial charge in [0.1, 0.15) is 5.54 Å². The second-order valence-electron chi connectivity index (χ2n) is 5.74. The average Bonchev–Trinajstić information content (AvgIpc) is 2.51. The Morgan fingerprint density at radius 1 is 1.47 bits per heavy atom. The first kappa shape index (κ1) is 16.4. The van der Waals surface area contributed by atoms with E-state index < -0.39 is 5.54 Å². The predicted octanol–water partition coefficient (Wildman–Crippen LogP) is 0.554. The van der Waals surface area contributed by atoms with Crippen LogP contribution in [-0.4, -0.2) is 74.2 Å². The SMILES string of the molecule is CCOC(=O)C(C)(CN1CCCN(C)CC1C)NC. The molecular formula is C14H29N3O2. The molecular weight excluding hydrogens is 242 g/mol. The van der Waals surface area contributed by atoms with E-state index >= 15 is 0 Å². The second kappa shape index (κ2) is 7.22. The quantitative estimate of drug-likeness (QED) is 0.740. The van der Waals surface area contributed by atoms with Crippen molar-refractivity contribution in [2.24, 2.45) is 0 Å². The summed E-state index contributed by atoms with van der Waals surface area (Å²) in [6.45, 7) is 10.3. The molecule has 0 aromatic rings. The maximum absolute atomic E-state index is 12.1. The number of nitrogens with zero attached hydrogens (tertiary/aromatic N) is 2. The lowest BCUT2D eigenvalue weighted by atomic mass is 10.0. The average molecular weight is 271 g/mol. The molecule has 0 saturated carbocycles. The van der Waals surface area contributed by atoms with E-state index in [2.05, 4.69) is 29.1 Å². The molecule has 1 fully saturated rings. The van der Waals surface area contributed by atoms with Crippen molar-refractivity contribution in [2.75, 3.05) is 46.9 Å². The van der Waals surface area contributed by atoms with E-state index in [4.69, 9.17) is 4.74 Å². The van der Waals surface area contributed by atoms with E-state index in [-0.39, 0.29) is 5.97 Å². The Labute approximate surface area is 117 Å². The van der Waals surface area contributed by atoms with Gasteiger partial charge >= 0.3 is 5.97 Å². The van der Waals surface area contributed by atoms with Gasteiger partial charge in [0.25, 0.3) is 0 Å². The minimum absolute atomic E-state index is 0.165. The van der Waals surface area contributed by atoms with Crippen molar-refractivity contribution < 1.29 is 9.53 Å². The molecule has 2 unspecified atom stereocenters. The number of carbonyl (C=O) groups is 1. The van der Waals surface area contributed by atoms with E-state index in [0.717, 1.165) is 26.1 Å². The lowest BCUT2D eigenvalue weighted by Gasteiger charge is -2.36. The Morgan fingerprint density at radius 2 is 2.16 bits per heavy atom. The number of rotatable bonds is 5. The molecule has 1 N–H and O–H groups in total. The molecule has 0 aromatic carbocycles. The summed E-state index contributed by atoms with van der Waals surface area (Å²) >= 11 is 0. The highest BCUT2D eigenvalue weighted by molar-refractivity contribution is 5.80. The summed E-state index contributed by atoms with van der Waals surface area (Å²) in [4.78, 5) is 16.8. The largest absolute Gasteiger partial charge is 0.465 e. The molecule has 1 heterocycles. The Bertz CT molecular complexity index is 298. The summed E-state index contributed by atoms with van der Waals surface area (Å²) in [6.07, 6.45) is 1.14.